The van der Waals surface area contributed by atoms with Crippen LogP contribution in [0.25, 0.3) is 0 Å². The standard InChI is InChI=1S/C23H34N4O2/c1-6-24-22(26-17-23(2,28)19-12-8-7-9-13-19)25-16-21(27(3)4)18-11-10-14-20(15-18)29-5/h7-15,21,28H,6,16-17H2,1-5H3,(H2,24,25,26). The molecule has 2 aromatic carbocycles. The third kappa shape index (κ3) is 6.76. The summed E-state index contributed by atoms with van der Waals surface area (Å²) in [6.45, 7) is 5.48. The molecule has 0 amide bonds. The van der Waals surface area contributed by atoms with Gasteiger partial charge in [-0.05, 0) is 51.2 Å². The molecule has 0 aromatic heterocycles. The van der Waals surface area contributed by atoms with Crippen molar-refractivity contribution in [3.05, 3.63) is 65.7 Å². The van der Waals surface area contributed by atoms with Gasteiger partial charge in [0, 0.05) is 13.1 Å². The lowest BCUT2D eigenvalue weighted by atomic mass is 9.96. The number of rotatable bonds is 9. The molecule has 2 atom stereocenters. The van der Waals surface area contributed by atoms with Crippen molar-refractivity contribution >= 4 is 5.96 Å². The highest BCUT2D eigenvalue weighted by atomic mass is 16.5. The van der Waals surface area contributed by atoms with Gasteiger partial charge in [-0.1, -0.05) is 42.5 Å². The second-order valence-electron chi connectivity index (χ2n) is 7.47. The summed E-state index contributed by atoms with van der Waals surface area (Å²) < 4.78 is 5.36. The highest BCUT2D eigenvalue weighted by Gasteiger charge is 2.23. The van der Waals surface area contributed by atoms with Crippen molar-refractivity contribution in [2.75, 3.05) is 40.8 Å². The number of nitrogens with zero attached hydrogens (tertiary/aromatic N) is 2. The Balaban J connectivity index is 2.10. The van der Waals surface area contributed by atoms with Gasteiger partial charge in [0.2, 0.25) is 0 Å². The number of ether oxygens (including phenoxy) is 1. The summed E-state index contributed by atoms with van der Waals surface area (Å²) in [5.41, 5.74) is 0.980. The fourth-order valence-corrected chi connectivity index (χ4v) is 3.10. The first-order chi connectivity index (χ1) is 13.9. The third-order valence-electron chi connectivity index (χ3n) is 4.85. The fourth-order valence-electron chi connectivity index (χ4n) is 3.10. The minimum absolute atomic E-state index is 0.142. The Hall–Kier alpha value is -2.57. The van der Waals surface area contributed by atoms with Crippen LogP contribution >= 0.6 is 0 Å². The predicted molar refractivity (Wildman–Crippen MR) is 119 cm³/mol. The van der Waals surface area contributed by atoms with E-state index in [2.05, 4.69) is 46.8 Å². The van der Waals surface area contributed by atoms with Gasteiger partial charge in [-0.3, -0.25) is 0 Å². The minimum Gasteiger partial charge on any atom is -0.497 e. The smallest absolute Gasteiger partial charge is 0.191 e. The molecule has 2 unspecified atom stereocenters. The van der Waals surface area contributed by atoms with Crippen molar-refractivity contribution in [3.8, 4) is 5.75 Å². The highest BCUT2D eigenvalue weighted by molar-refractivity contribution is 5.79. The highest BCUT2D eigenvalue weighted by Crippen LogP contribution is 2.22. The van der Waals surface area contributed by atoms with Gasteiger partial charge in [-0.15, -0.1) is 0 Å². The topological polar surface area (TPSA) is 69.1 Å². The normalized spacial score (nSPS) is 14.9. The van der Waals surface area contributed by atoms with E-state index in [1.165, 1.54) is 0 Å². The molecule has 0 aliphatic carbocycles. The van der Waals surface area contributed by atoms with E-state index in [4.69, 9.17) is 4.74 Å². The summed E-state index contributed by atoms with van der Waals surface area (Å²) in [4.78, 5) is 6.78. The van der Waals surface area contributed by atoms with Crippen molar-refractivity contribution in [2.24, 2.45) is 4.99 Å². The van der Waals surface area contributed by atoms with Gasteiger partial charge in [0.1, 0.15) is 11.4 Å². The molecule has 0 aliphatic heterocycles. The Morgan fingerprint density at radius 1 is 1.14 bits per heavy atom. The van der Waals surface area contributed by atoms with Gasteiger partial charge < -0.3 is 25.4 Å². The molecule has 0 spiro atoms. The van der Waals surface area contributed by atoms with Gasteiger partial charge in [-0.2, -0.15) is 0 Å². The van der Waals surface area contributed by atoms with Crippen LogP contribution in [0.5, 0.6) is 5.75 Å². The van der Waals surface area contributed by atoms with Gasteiger partial charge in [0.05, 0.1) is 19.7 Å². The van der Waals surface area contributed by atoms with E-state index in [-0.39, 0.29) is 12.6 Å². The third-order valence-corrected chi connectivity index (χ3v) is 4.85. The molecule has 158 valence electrons. The van der Waals surface area contributed by atoms with Crippen LogP contribution in [0.2, 0.25) is 0 Å². The first kappa shape index (κ1) is 22.7. The number of likely N-dealkylation sites (N-methyl/N-ethyl adjacent to an activating group) is 1. The number of benzene rings is 2. The van der Waals surface area contributed by atoms with Crippen LogP contribution in [0.1, 0.15) is 31.0 Å². The number of methoxy groups -OCH3 is 1. The predicted octanol–water partition coefficient (Wildman–Crippen LogP) is 2.76. The first-order valence-electron chi connectivity index (χ1n) is 9.98. The summed E-state index contributed by atoms with van der Waals surface area (Å²) in [6, 6.07) is 17.9. The zero-order chi connectivity index (χ0) is 21.3. The second-order valence-corrected chi connectivity index (χ2v) is 7.47. The Labute approximate surface area is 174 Å². The number of nitrogens with one attached hydrogen (secondary N) is 2. The molecule has 2 aromatic rings. The van der Waals surface area contributed by atoms with Crippen LogP contribution in [0.3, 0.4) is 0 Å². The lowest BCUT2D eigenvalue weighted by Crippen LogP contribution is -2.42. The number of guanidine groups is 1. The summed E-state index contributed by atoms with van der Waals surface area (Å²) in [5, 5.41) is 17.5. The maximum Gasteiger partial charge on any atom is 0.191 e. The quantitative estimate of drug-likeness (QED) is 0.448. The molecule has 0 saturated heterocycles. The van der Waals surface area contributed by atoms with E-state index >= 15 is 0 Å². The molecule has 0 fully saturated rings. The number of hydrogen-bond acceptors (Lipinski definition) is 4. The summed E-state index contributed by atoms with van der Waals surface area (Å²) in [7, 11) is 5.78. The maximum absolute atomic E-state index is 10.8. The average molecular weight is 399 g/mol. The average Bonchev–Trinajstić information content (AvgIpc) is 2.72. The van der Waals surface area contributed by atoms with E-state index in [0.717, 1.165) is 23.4 Å². The molecule has 0 saturated carbocycles. The van der Waals surface area contributed by atoms with E-state index in [1.807, 2.05) is 49.4 Å². The molecule has 0 heterocycles. The molecular weight excluding hydrogens is 364 g/mol. The Morgan fingerprint density at radius 3 is 2.48 bits per heavy atom. The summed E-state index contributed by atoms with van der Waals surface area (Å²) >= 11 is 0. The van der Waals surface area contributed by atoms with Crippen LogP contribution in [0, 0.1) is 0 Å². The van der Waals surface area contributed by atoms with Crippen LogP contribution in [-0.4, -0.2) is 56.8 Å². The van der Waals surface area contributed by atoms with Crippen molar-refractivity contribution in [1.29, 1.82) is 0 Å². The molecule has 2 rings (SSSR count). The number of hydrogen-bond donors (Lipinski definition) is 3. The maximum atomic E-state index is 10.8. The molecule has 6 heteroatoms. The Morgan fingerprint density at radius 2 is 1.86 bits per heavy atom. The number of aliphatic hydroxyl groups is 1. The molecule has 3 N–H and O–H groups in total. The van der Waals surface area contributed by atoms with Crippen LogP contribution in [0.15, 0.2) is 59.6 Å². The van der Waals surface area contributed by atoms with E-state index in [1.54, 1.807) is 14.0 Å². The minimum atomic E-state index is -1.03. The fraction of sp³-hybridized carbons (Fsp3) is 0.435. The zero-order valence-corrected chi connectivity index (χ0v) is 18.1. The SMILES string of the molecule is CCNC(=NCC(C)(O)c1ccccc1)NCC(c1cccc(OC)c1)N(C)C. The first-order valence-corrected chi connectivity index (χ1v) is 9.98. The van der Waals surface area contributed by atoms with Gasteiger partial charge in [0.15, 0.2) is 5.96 Å². The van der Waals surface area contributed by atoms with Crippen molar-refractivity contribution in [2.45, 2.75) is 25.5 Å². The summed E-state index contributed by atoms with van der Waals surface area (Å²) in [6.07, 6.45) is 0. The van der Waals surface area contributed by atoms with Crippen molar-refractivity contribution in [1.82, 2.24) is 15.5 Å². The second kappa shape index (κ2) is 10.8. The van der Waals surface area contributed by atoms with Crippen LogP contribution in [-0.2, 0) is 5.60 Å². The lowest BCUT2D eigenvalue weighted by molar-refractivity contribution is 0.0672. The zero-order valence-electron chi connectivity index (χ0n) is 18.1. The number of aliphatic imine (C=N–C) groups is 1. The molecule has 6 nitrogen and oxygen atoms in total. The van der Waals surface area contributed by atoms with Gasteiger partial charge in [0.25, 0.3) is 0 Å². The molecule has 0 aliphatic rings. The molecule has 0 bridgehead atoms. The largest absolute Gasteiger partial charge is 0.497 e. The molecule has 0 radical (unpaired) electrons. The Bertz CT molecular complexity index is 775. The Kier molecular flexibility index (Phi) is 8.49. The van der Waals surface area contributed by atoms with Gasteiger partial charge in [-0.25, -0.2) is 4.99 Å². The van der Waals surface area contributed by atoms with E-state index < -0.39 is 5.60 Å². The van der Waals surface area contributed by atoms with E-state index in [9.17, 15) is 5.11 Å². The summed E-state index contributed by atoms with van der Waals surface area (Å²) in [5.74, 6) is 1.52. The van der Waals surface area contributed by atoms with Crippen molar-refractivity contribution in [3.63, 3.8) is 0 Å². The van der Waals surface area contributed by atoms with Crippen LogP contribution in [0.4, 0.5) is 0 Å². The lowest BCUT2D eigenvalue weighted by Gasteiger charge is -2.27. The van der Waals surface area contributed by atoms with Crippen molar-refractivity contribution < 1.29 is 9.84 Å². The van der Waals surface area contributed by atoms with Crippen LogP contribution < -0.4 is 15.4 Å². The molecular formula is C23H34N4O2. The van der Waals surface area contributed by atoms with Gasteiger partial charge >= 0.3 is 0 Å². The monoisotopic (exact) mass is 398 g/mol. The molecule has 29 heavy (non-hydrogen) atoms. The van der Waals surface area contributed by atoms with E-state index in [0.29, 0.717) is 12.5 Å².